The van der Waals surface area contributed by atoms with Crippen molar-refractivity contribution < 1.29 is 31.2 Å². The van der Waals surface area contributed by atoms with E-state index in [4.69, 9.17) is 0 Å². The Morgan fingerprint density at radius 2 is 1.77 bits per heavy atom. The van der Waals surface area contributed by atoms with Gasteiger partial charge in [0.05, 0.1) is 46.5 Å². The molecule has 4 heterocycles. The summed E-state index contributed by atoms with van der Waals surface area (Å²) >= 11 is 0. The van der Waals surface area contributed by atoms with Crippen LogP contribution in [0.3, 0.4) is 0 Å². The largest absolute Gasteiger partial charge is 0.406 e. The lowest BCUT2D eigenvalue weighted by Gasteiger charge is -2.24. The minimum Gasteiger partial charge on any atom is -0.382 e. The first-order valence-corrected chi connectivity index (χ1v) is 14.9. The average molecular weight is 611 g/mol. The van der Waals surface area contributed by atoms with Crippen LogP contribution in [0.1, 0.15) is 29.0 Å². The highest BCUT2D eigenvalue weighted by atomic mass is 32.2. The molecule has 14 heteroatoms. The smallest absolute Gasteiger partial charge is 0.382 e. The van der Waals surface area contributed by atoms with Crippen molar-refractivity contribution >= 4 is 49.6 Å². The van der Waals surface area contributed by atoms with Crippen molar-refractivity contribution in [3.8, 4) is 11.8 Å². The van der Waals surface area contributed by atoms with Crippen LogP contribution in [0.25, 0.3) is 10.9 Å². The fourth-order valence-corrected chi connectivity index (χ4v) is 6.13. The summed E-state index contributed by atoms with van der Waals surface area (Å²) in [6.45, 7) is -1.32. The Kier molecular flexibility index (Phi) is 8.36. The number of rotatable bonds is 6. The van der Waals surface area contributed by atoms with E-state index in [1.54, 1.807) is 30.5 Å². The highest BCUT2D eigenvalue weighted by molar-refractivity contribution is 7.91. The van der Waals surface area contributed by atoms with Gasteiger partial charge >= 0.3 is 12.1 Å². The fraction of sp³-hybridized carbons (Fsp3) is 0.241. The van der Waals surface area contributed by atoms with Crippen molar-refractivity contribution in [2.45, 2.75) is 31.6 Å². The van der Waals surface area contributed by atoms with Crippen LogP contribution < -0.4 is 16.0 Å². The van der Waals surface area contributed by atoms with E-state index < -0.39 is 34.4 Å². The lowest BCUT2D eigenvalue weighted by Crippen LogP contribution is -2.32. The maximum atomic E-state index is 13.5. The van der Waals surface area contributed by atoms with Crippen LogP contribution >= 0.6 is 0 Å². The molecule has 1 fully saturated rings. The van der Waals surface area contributed by atoms with Crippen molar-refractivity contribution in [1.29, 1.82) is 0 Å². The topological polar surface area (TPSA) is 135 Å². The van der Waals surface area contributed by atoms with Gasteiger partial charge in [0.15, 0.2) is 0 Å². The van der Waals surface area contributed by atoms with Gasteiger partial charge in [0.2, 0.25) is 0 Å². The number of halogens is 3. The Morgan fingerprint density at radius 3 is 2.44 bits per heavy atom. The molecule has 1 aromatic carbocycles. The highest BCUT2D eigenvalue weighted by Gasteiger charge is 2.30. The first kappa shape index (κ1) is 29.6. The molecule has 3 N–H and O–H groups in total. The van der Waals surface area contributed by atoms with Crippen molar-refractivity contribution in [2.24, 2.45) is 0 Å². The number of pyridine rings is 2. The van der Waals surface area contributed by atoms with Crippen LogP contribution in [0, 0.1) is 11.8 Å². The number of hydrogen-bond donors (Lipinski definition) is 3. The molecule has 43 heavy (non-hydrogen) atoms. The molecule has 1 aliphatic heterocycles. The monoisotopic (exact) mass is 610 g/mol. The summed E-state index contributed by atoms with van der Waals surface area (Å²) in [5.41, 5.74) is 1.59. The number of aromatic nitrogens is 3. The predicted molar refractivity (Wildman–Crippen MR) is 155 cm³/mol. The Balaban J connectivity index is 1.33. The fourth-order valence-electron chi connectivity index (χ4n) is 4.63. The SMILES string of the molecule is O=C(C#Cc1cc2c(NC3CCS(=O)(=O)CC3)cccc2n1CC(F)(F)F)Nc1ccc(C(=O)Nc2cccnc2)nc1. The minimum atomic E-state index is -4.55. The van der Waals surface area contributed by atoms with Gasteiger partial charge in [0.25, 0.3) is 5.91 Å². The van der Waals surface area contributed by atoms with Gasteiger partial charge in [-0.05, 0) is 61.2 Å². The van der Waals surface area contributed by atoms with E-state index in [9.17, 15) is 31.2 Å². The lowest BCUT2D eigenvalue weighted by atomic mass is 10.1. The molecule has 0 spiro atoms. The van der Waals surface area contributed by atoms with E-state index in [1.807, 2.05) is 0 Å². The Labute approximate surface area is 244 Å². The summed E-state index contributed by atoms with van der Waals surface area (Å²) < 4.78 is 65.1. The quantitative estimate of drug-likeness (QED) is 0.278. The second-order valence-corrected chi connectivity index (χ2v) is 12.2. The number of sulfone groups is 1. The van der Waals surface area contributed by atoms with Crippen molar-refractivity contribution in [3.63, 3.8) is 0 Å². The van der Waals surface area contributed by atoms with Crippen LogP contribution in [-0.4, -0.2) is 58.5 Å². The van der Waals surface area contributed by atoms with E-state index in [0.717, 1.165) is 4.57 Å². The molecule has 10 nitrogen and oxygen atoms in total. The summed E-state index contributed by atoms with van der Waals surface area (Å²) in [6.07, 6.45) is 0.519. The first-order valence-electron chi connectivity index (χ1n) is 13.1. The number of amides is 2. The number of alkyl halides is 3. The van der Waals surface area contributed by atoms with E-state index in [2.05, 4.69) is 37.8 Å². The number of nitrogens with zero attached hydrogens (tertiary/aromatic N) is 3. The summed E-state index contributed by atoms with van der Waals surface area (Å²) in [5, 5.41) is 8.86. The van der Waals surface area contributed by atoms with Gasteiger partial charge in [-0.3, -0.25) is 14.6 Å². The van der Waals surface area contributed by atoms with Crippen molar-refractivity contribution in [3.05, 3.63) is 78.5 Å². The van der Waals surface area contributed by atoms with Gasteiger partial charge in [-0.15, -0.1) is 0 Å². The Hall–Kier alpha value is -4.90. The molecule has 0 saturated carbocycles. The molecular formula is C29H25F3N6O4S. The Bertz CT molecular complexity index is 1820. The molecule has 0 unspecified atom stereocenters. The number of carbonyl (C=O) groups is 2. The summed E-state index contributed by atoms with van der Waals surface area (Å²) in [5.74, 6) is 3.68. The van der Waals surface area contributed by atoms with Gasteiger partial charge in [0.1, 0.15) is 22.1 Å². The van der Waals surface area contributed by atoms with Crippen LogP contribution in [0.15, 0.2) is 67.1 Å². The molecule has 4 aromatic rings. The Morgan fingerprint density at radius 1 is 1.00 bits per heavy atom. The zero-order valence-electron chi connectivity index (χ0n) is 22.5. The maximum absolute atomic E-state index is 13.5. The van der Waals surface area contributed by atoms with Gasteiger partial charge in [-0.1, -0.05) is 6.07 Å². The molecule has 5 rings (SSSR count). The van der Waals surface area contributed by atoms with E-state index in [0.29, 0.717) is 29.6 Å². The molecule has 222 valence electrons. The molecule has 0 atom stereocenters. The second-order valence-electron chi connectivity index (χ2n) is 9.87. The molecule has 1 aliphatic rings. The normalized spacial score (nSPS) is 14.9. The van der Waals surface area contributed by atoms with Crippen LogP contribution in [0.4, 0.5) is 30.2 Å². The third-order valence-electron chi connectivity index (χ3n) is 6.67. The number of fused-ring (bicyclic) bond motifs is 1. The number of carbonyl (C=O) groups excluding carboxylic acids is 2. The summed E-state index contributed by atoms with van der Waals surface area (Å²) in [7, 11) is -3.08. The lowest BCUT2D eigenvalue weighted by molar-refractivity contribution is -0.140. The molecule has 3 aromatic heterocycles. The second kappa shape index (κ2) is 12.1. The van der Waals surface area contributed by atoms with Gasteiger partial charge < -0.3 is 20.5 Å². The zero-order valence-corrected chi connectivity index (χ0v) is 23.3. The van der Waals surface area contributed by atoms with Crippen molar-refractivity contribution in [1.82, 2.24) is 14.5 Å². The van der Waals surface area contributed by atoms with Gasteiger partial charge in [0, 0.05) is 29.2 Å². The number of benzene rings is 1. The molecule has 2 amide bonds. The number of anilines is 3. The summed E-state index contributed by atoms with van der Waals surface area (Å²) in [4.78, 5) is 32.8. The molecular weight excluding hydrogens is 585 g/mol. The van der Waals surface area contributed by atoms with Gasteiger partial charge in [-0.25, -0.2) is 13.4 Å². The van der Waals surface area contributed by atoms with E-state index in [-0.39, 0.29) is 40.1 Å². The average Bonchev–Trinajstić information content (AvgIpc) is 3.30. The van der Waals surface area contributed by atoms with E-state index in [1.165, 1.54) is 36.7 Å². The van der Waals surface area contributed by atoms with Crippen LogP contribution in [0.5, 0.6) is 0 Å². The highest BCUT2D eigenvalue weighted by Crippen LogP contribution is 2.31. The number of nitrogens with one attached hydrogen (secondary N) is 3. The van der Waals surface area contributed by atoms with Crippen molar-refractivity contribution in [2.75, 3.05) is 27.5 Å². The van der Waals surface area contributed by atoms with E-state index >= 15 is 0 Å². The standard InChI is InChI=1S/C29H25F3N6O4S/c30-29(31,32)18-38-22(15-23-24(4-1-5-26(23)38)35-19-10-13-43(41,42)14-11-19)7-9-27(39)36-21-6-8-25(34-17-21)28(40)37-20-3-2-12-33-16-20/h1-6,8,12,15-17,19,35H,10-11,13-14,18H2,(H,36,39)(H,37,40). The van der Waals surface area contributed by atoms with Gasteiger partial charge in [-0.2, -0.15) is 13.2 Å². The third kappa shape index (κ3) is 7.69. The number of hydrogen-bond acceptors (Lipinski definition) is 7. The first-order chi connectivity index (χ1) is 20.5. The maximum Gasteiger partial charge on any atom is 0.406 e. The van der Waals surface area contributed by atoms with Crippen LogP contribution in [-0.2, 0) is 21.2 Å². The molecule has 0 radical (unpaired) electrons. The molecule has 1 saturated heterocycles. The predicted octanol–water partition coefficient (Wildman–Crippen LogP) is 4.23. The van der Waals surface area contributed by atoms with Crippen LogP contribution in [0.2, 0.25) is 0 Å². The molecule has 0 aliphatic carbocycles. The molecule has 0 bridgehead atoms. The summed E-state index contributed by atoms with van der Waals surface area (Å²) in [6, 6.07) is 12.3. The third-order valence-corrected chi connectivity index (χ3v) is 8.39. The minimum absolute atomic E-state index is 0.0245. The zero-order chi connectivity index (χ0) is 30.6.